The Morgan fingerprint density at radius 3 is 1.58 bits per heavy atom. The van der Waals surface area contributed by atoms with E-state index >= 15 is 0 Å². The highest BCUT2D eigenvalue weighted by Crippen LogP contribution is 2.22. The number of carbonyl (C=O) groups excluding carboxylic acids is 1. The average molecular weight is 780 g/mol. The second-order valence-corrected chi connectivity index (χ2v) is 15.8. The van der Waals surface area contributed by atoms with Gasteiger partial charge in [-0.05, 0) is 51.4 Å². The molecule has 1 amide bonds. The Kier molecular flexibility index (Phi) is 34.3. The summed E-state index contributed by atoms with van der Waals surface area (Å²) in [5, 5.41) is 54.1. The molecule has 1 fully saturated rings. The highest BCUT2D eigenvalue weighted by atomic mass is 16.7. The molecular formula is C46H85NO8. The van der Waals surface area contributed by atoms with Crippen LogP contribution in [0.1, 0.15) is 194 Å². The van der Waals surface area contributed by atoms with Gasteiger partial charge in [-0.25, -0.2) is 0 Å². The summed E-state index contributed by atoms with van der Waals surface area (Å²) in [6.07, 6.45) is 37.7. The minimum atomic E-state index is -1.57. The first-order valence-electron chi connectivity index (χ1n) is 22.7. The zero-order valence-electron chi connectivity index (χ0n) is 35.2. The van der Waals surface area contributed by atoms with Crippen molar-refractivity contribution in [1.29, 1.82) is 0 Å². The molecule has 1 aliphatic heterocycles. The zero-order valence-corrected chi connectivity index (χ0v) is 35.2. The van der Waals surface area contributed by atoms with Gasteiger partial charge < -0.3 is 40.3 Å². The summed E-state index contributed by atoms with van der Waals surface area (Å²) < 4.78 is 11.2. The Hall–Kier alpha value is -1.59. The topological polar surface area (TPSA) is 149 Å². The molecule has 7 atom stereocenters. The minimum absolute atomic E-state index is 0.199. The number of rotatable bonds is 37. The molecule has 1 saturated heterocycles. The Bertz CT molecular complexity index is 956. The fraction of sp³-hybridized carbons (Fsp3) is 0.848. The molecule has 0 bridgehead atoms. The van der Waals surface area contributed by atoms with Crippen molar-refractivity contribution in [2.24, 2.45) is 0 Å². The normalized spacial score (nSPS) is 21.6. The molecule has 0 aliphatic carbocycles. The first-order valence-corrected chi connectivity index (χ1v) is 22.7. The Labute approximate surface area is 336 Å². The number of aliphatic hydroxyl groups excluding tert-OH is 5. The van der Waals surface area contributed by atoms with E-state index in [1.54, 1.807) is 6.08 Å². The molecule has 0 spiro atoms. The van der Waals surface area contributed by atoms with Crippen LogP contribution in [-0.2, 0) is 14.3 Å². The van der Waals surface area contributed by atoms with E-state index in [4.69, 9.17) is 9.47 Å². The number of aliphatic hydroxyl groups is 5. The van der Waals surface area contributed by atoms with Crippen LogP contribution in [-0.4, -0.2) is 87.5 Å². The van der Waals surface area contributed by atoms with Crippen molar-refractivity contribution < 1.29 is 39.8 Å². The van der Waals surface area contributed by atoms with Crippen LogP contribution < -0.4 is 5.32 Å². The van der Waals surface area contributed by atoms with Crippen LogP contribution in [0.3, 0.4) is 0 Å². The van der Waals surface area contributed by atoms with Crippen LogP contribution in [0.25, 0.3) is 0 Å². The van der Waals surface area contributed by atoms with Crippen molar-refractivity contribution in [2.75, 3.05) is 13.2 Å². The summed E-state index contributed by atoms with van der Waals surface area (Å²) in [5.74, 6) is -0.199. The van der Waals surface area contributed by atoms with E-state index in [2.05, 4.69) is 43.5 Å². The van der Waals surface area contributed by atoms with Gasteiger partial charge in [0.15, 0.2) is 6.29 Å². The highest BCUT2D eigenvalue weighted by Gasteiger charge is 2.44. The van der Waals surface area contributed by atoms with Gasteiger partial charge in [-0.15, -0.1) is 0 Å². The lowest BCUT2D eigenvalue weighted by Crippen LogP contribution is -2.60. The predicted octanol–water partition coefficient (Wildman–Crippen LogP) is 9.28. The number of unbranched alkanes of at least 4 members (excludes halogenated alkanes) is 23. The van der Waals surface area contributed by atoms with E-state index in [-0.39, 0.29) is 12.5 Å². The van der Waals surface area contributed by atoms with Gasteiger partial charge in [0.1, 0.15) is 24.4 Å². The SMILES string of the molecule is CCCC/C=C\CCCCCCCC(=O)NC(COC1OC(CO)C(O)C(O)C1O)C(O)/C=C/CC/C=C/CCCCCCCCCCCCCCCCC. The second-order valence-electron chi connectivity index (χ2n) is 15.8. The van der Waals surface area contributed by atoms with Crippen LogP contribution >= 0.6 is 0 Å². The second kappa shape index (κ2) is 36.7. The fourth-order valence-corrected chi connectivity index (χ4v) is 6.98. The Morgan fingerprint density at radius 2 is 1.05 bits per heavy atom. The molecule has 1 heterocycles. The molecule has 0 aromatic rings. The monoisotopic (exact) mass is 780 g/mol. The van der Waals surface area contributed by atoms with Gasteiger partial charge in [-0.2, -0.15) is 0 Å². The van der Waals surface area contributed by atoms with Crippen LogP contribution in [0.5, 0.6) is 0 Å². The molecular weight excluding hydrogens is 695 g/mol. The van der Waals surface area contributed by atoms with Crippen molar-refractivity contribution >= 4 is 5.91 Å². The van der Waals surface area contributed by atoms with E-state index in [9.17, 15) is 30.3 Å². The van der Waals surface area contributed by atoms with Crippen LogP contribution in [0.2, 0.25) is 0 Å². The molecule has 1 rings (SSSR count). The van der Waals surface area contributed by atoms with E-state index in [0.717, 1.165) is 64.2 Å². The quantitative estimate of drug-likeness (QED) is 0.0270. The third-order valence-corrected chi connectivity index (χ3v) is 10.7. The Balaban J connectivity index is 2.36. The van der Waals surface area contributed by atoms with E-state index in [1.165, 1.54) is 109 Å². The van der Waals surface area contributed by atoms with E-state index in [0.29, 0.717) is 6.42 Å². The summed E-state index contributed by atoms with van der Waals surface area (Å²) in [4.78, 5) is 12.9. The highest BCUT2D eigenvalue weighted by molar-refractivity contribution is 5.76. The molecule has 0 aromatic heterocycles. The third-order valence-electron chi connectivity index (χ3n) is 10.7. The van der Waals surface area contributed by atoms with Crippen LogP contribution in [0.15, 0.2) is 36.5 Å². The Morgan fingerprint density at radius 1 is 0.600 bits per heavy atom. The molecule has 55 heavy (non-hydrogen) atoms. The van der Waals surface area contributed by atoms with Crippen molar-refractivity contribution in [3.63, 3.8) is 0 Å². The smallest absolute Gasteiger partial charge is 0.220 e. The standard InChI is InChI=1S/C46H85NO8/c1-3-5-7-9-11-13-15-16-17-18-19-20-21-22-23-24-26-27-29-31-33-35-40(49)39(38-54-46-45(53)44(52)43(51)41(37-48)55-46)47-42(50)36-34-32-30-28-25-14-12-10-8-6-4-2/h10,12,26-27,33,35,39-41,43-46,48-49,51-53H,3-9,11,13-25,28-32,34,36-38H2,1-2H3,(H,47,50)/b12-10-,27-26+,35-33+. The van der Waals surface area contributed by atoms with Gasteiger partial charge in [0, 0.05) is 6.42 Å². The van der Waals surface area contributed by atoms with E-state index in [1.807, 2.05) is 6.08 Å². The lowest BCUT2D eigenvalue weighted by atomic mass is 9.99. The molecule has 9 nitrogen and oxygen atoms in total. The summed E-state index contributed by atoms with van der Waals surface area (Å²) in [6, 6.07) is -0.823. The summed E-state index contributed by atoms with van der Waals surface area (Å²) in [5.41, 5.74) is 0. The van der Waals surface area contributed by atoms with Crippen LogP contribution in [0, 0.1) is 0 Å². The van der Waals surface area contributed by atoms with Crippen molar-refractivity contribution in [3.8, 4) is 0 Å². The molecule has 0 aromatic carbocycles. The maximum atomic E-state index is 12.9. The minimum Gasteiger partial charge on any atom is -0.394 e. The van der Waals surface area contributed by atoms with Gasteiger partial charge in [0.25, 0.3) is 0 Å². The summed E-state index contributed by atoms with van der Waals surface area (Å²) >= 11 is 0. The number of hydrogen-bond donors (Lipinski definition) is 6. The fourth-order valence-electron chi connectivity index (χ4n) is 6.98. The van der Waals surface area contributed by atoms with Gasteiger partial charge >= 0.3 is 0 Å². The summed E-state index contributed by atoms with van der Waals surface area (Å²) in [6.45, 7) is 3.70. The van der Waals surface area contributed by atoms with Crippen molar-refractivity contribution in [3.05, 3.63) is 36.5 Å². The largest absolute Gasteiger partial charge is 0.394 e. The van der Waals surface area contributed by atoms with Gasteiger partial charge in [-0.1, -0.05) is 172 Å². The number of hydrogen-bond acceptors (Lipinski definition) is 8. The number of allylic oxidation sites excluding steroid dienone is 5. The summed E-state index contributed by atoms with van der Waals surface area (Å²) in [7, 11) is 0. The molecule has 6 N–H and O–H groups in total. The van der Waals surface area contributed by atoms with E-state index < -0.39 is 49.5 Å². The maximum Gasteiger partial charge on any atom is 0.220 e. The predicted molar refractivity (Wildman–Crippen MR) is 226 cm³/mol. The zero-order chi connectivity index (χ0) is 40.2. The maximum absolute atomic E-state index is 12.9. The average Bonchev–Trinajstić information content (AvgIpc) is 3.18. The molecule has 322 valence electrons. The molecule has 9 heteroatoms. The van der Waals surface area contributed by atoms with Gasteiger partial charge in [-0.3, -0.25) is 4.79 Å². The lowest BCUT2D eigenvalue weighted by Gasteiger charge is -2.40. The van der Waals surface area contributed by atoms with Gasteiger partial charge in [0.05, 0.1) is 25.4 Å². The molecule has 1 aliphatic rings. The third kappa shape index (κ3) is 27.6. The first-order chi connectivity index (χ1) is 26.8. The first kappa shape index (κ1) is 51.4. The van der Waals surface area contributed by atoms with Gasteiger partial charge in [0.2, 0.25) is 5.91 Å². The molecule has 7 unspecified atom stereocenters. The van der Waals surface area contributed by atoms with Crippen molar-refractivity contribution in [1.82, 2.24) is 5.32 Å². The molecule has 0 radical (unpaired) electrons. The number of nitrogens with one attached hydrogen (secondary N) is 1. The number of amides is 1. The molecule has 0 saturated carbocycles. The number of ether oxygens (including phenoxy) is 2. The van der Waals surface area contributed by atoms with Crippen LogP contribution in [0.4, 0.5) is 0 Å². The number of carbonyl (C=O) groups is 1. The lowest BCUT2D eigenvalue weighted by molar-refractivity contribution is -0.302. The van der Waals surface area contributed by atoms with Crippen molar-refractivity contribution in [2.45, 2.75) is 236 Å².